The number of aromatic nitrogens is 1. The molecule has 0 bridgehead atoms. The molecule has 1 amide bonds. The van der Waals surface area contributed by atoms with Crippen LogP contribution in [-0.4, -0.2) is 37.9 Å². The van der Waals surface area contributed by atoms with E-state index in [1.165, 1.54) is 11.3 Å². The first-order chi connectivity index (χ1) is 13.2. The molecule has 27 heavy (non-hydrogen) atoms. The van der Waals surface area contributed by atoms with Crippen LogP contribution in [0.1, 0.15) is 17.3 Å². The zero-order valence-electron chi connectivity index (χ0n) is 15.6. The number of amides is 1. The van der Waals surface area contributed by atoms with E-state index in [0.717, 1.165) is 16.0 Å². The molecule has 0 spiro atoms. The fourth-order valence-electron chi connectivity index (χ4n) is 2.75. The van der Waals surface area contributed by atoms with Gasteiger partial charge in [0.25, 0.3) is 5.91 Å². The highest BCUT2D eigenvalue weighted by molar-refractivity contribution is 7.16. The number of carbonyl (C=O) groups excluding carboxylic acids is 1. The quantitative estimate of drug-likeness (QED) is 0.624. The molecule has 0 aliphatic heterocycles. The maximum absolute atomic E-state index is 12.7. The van der Waals surface area contributed by atoms with Crippen molar-refractivity contribution in [3.63, 3.8) is 0 Å². The average Bonchev–Trinajstić information content (AvgIpc) is 3.04. The lowest BCUT2D eigenvalue weighted by molar-refractivity contribution is 0.0997. The topological polar surface area (TPSA) is 62.0 Å². The number of thiazole rings is 1. The summed E-state index contributed by atoms with van der Waals surface area (Å²) in [7, 11) is 3.22. The lowest BCUT2D eigenvalue weighted by Gasteiger charge is -2.09. The summed E-state index contributed by atoms with van der Waals surface area (Å²) >= 11 is 1.46. The van der Waals surface area contributed by atoms with Crippen LogP contribution in [0.2, 0.25) is 0 Å². The Labute approximate surface area is 161 Å². The summed E-state index contributed by atoms with van der Waals surface area (Å²) in [6.45, 7) is 3.59. The molecule has 0 N–H and O–H groups in total. The van der Waals surface area contributed by atoms with Crippen LogP contribution in [0.15, 0.2) is 47.5 Å². The number of para-hydroxylation sites is 1. The second-order valence-electron chi connectivity index (χ2n) is 5.71. The number of carbonyl (C=O) groups is 1. The van der Waals surface area contributed by atoms with Gasteiger partial charge in [-0.05, 0) is 37.3 Å². The average molecular weight is 386 g/mol. The van der Waals surface area contributed by atoms with Crippen LogP contribution in [-0.2, 0) is 11.3 Å². The van der Waals surface area contributed by atoms with Gasteiger partial charge in [-0.1, -0.05) is 23.5 Å². The molecule has 2 aromatic carbocycles. The van der Waals surface area contributed by atoms with Crippen LogP contribution in [0.4, 0.5) is 0 Å². The van der Waals surface area contributed by atoms with Crippen molar-refractivity contribution in [2.45, 2.75) is 13.5 Å². The van der Waals surface area contributed by atoms with Gasteiger partial charge in [-0.3, -0.25) is 4.79 Å². The molecule has 7 heteroatoms. The standard InChI is InChI=1S/C20H22N2O4S/c1-4-26-16-9-6-10-17-18(16)22(11-12-24-2)20(27-17)21-19(23)14-7-5-8-15(13-14)25-3/h5-10,13H,4,11-12H2,1-3H3. The van der Waals surface area contributed by atoms with E-state index in [1.807, 2.05) is 29.7 Å². The Morgan fingerprint density at radius 2 is 2.00 bits per heavy atom. The first-order valence-electron chi connectivity index (χ1n) is 8.65. The predicted molar refractivity (Wildman–Crippen MR) is 106 cm³/mol. The second kappa shape index (κ2) is 8.83. The van der Waals surface area contributed by atoms with E-state index >= 15 is 0 Å². The van der Waals surface area contributed by atoms with E-state index in [-0.39, 0.29) is 5.91 Å². The summed E-state index contributed by atoms with van der Waals surface area (Å²) in [4.78, 5) is 17.7. The number of ether oxygens (including phenoxy) is 3. The molecule has 1 heterocycles. The molecule has 0 aliphatic carbocycles. The molecule has 0 saturated carbocycles. The number of rotatable bonds is 7. The van der Waals surface area contributed by atoms with Gasteiger partial charge in [0, 0.05) is 19.2 Å². The van der Waals surface area contributed by atoms with Gasteiger partial charge in [0.2, 0.25) is 0 Å². The molecular formula is C20H22N2O4S. The second-order valence-corrected chi connectivity index (χ2v) is 6.72. The van der Waals surface area contributed by atoms with Gasteiger partial charge in [-0.2, -0.15) is 4.99 Å². The summed E-state index contributed by atoms with van der Waals surface area (Å²) in [6.07, 6.45) is 0. The van der Waals surface area contributed by atoms with Gasteiger partial charge in [0.05, 0.1) is 25.0 Å². The van der Waals surface area contributed by atoms with Crippen molar-refractivity contribution < 1.29 is 19.0 Å². The number of fused-ring (bicyclic) bond motifs is 1. The molecule has 0 fully saturated rings. The fourth-order valence-corrected chi connectivity index (χ4v) is 3.82. The molecular weight excluding hydrogens is 364 g/mol. The number of hydrogen-bond acceptors (Lipinski definition) is 5. The fraction of sp³-hybridized carbons (Fsp3) is 0.300. The van der Waals surface area contributed by atoms with Crippen LogP contribution in [0.3, 0.4) is 0 Å². The van der Waals surface area contributed by atoms with Crippen LogP contribution in [0.25, 0.3) is 10.2 Å². The van der Waals surface area contributed by atoms with Crippen LogP contribution in [0.5, 0.6) is 11.5 Å². The Morgan fingerprint density at radius 3 is 2.74 bits per heavy atom. The zero-order valence-corrected chi connectivity index (χ0v) is 16.4. The highest BCUT2D eigenvalue weighted by Gasteiger charge is 2.13. The van der Waals surface area contributed by atoms with E-state index in [2.05, 4.69) is 4.99 Å². The third-order valence-corrected chi connectivity index (χ3v) is 5.04. The van der Waals surface area contributed by atoms with Crippen molar-refractivity contribution >= 4 is 27.5 Å². The Bertz CT molecular complexity index is 1010. The van der Waals surface area contributed by atoms with Crippen molar-refractivity contribution in [1.82, 2.24) is 4.57 Å². The first-order valence-corrected chi connectivity index (χ1v) is 9.46. The minimum Gasteiger partial charge on any atom is -0.497 e. The summed E-state index contributed by atoms with van der Waals surface area (Å²) in [5.41, 5.74) is 1.41. The van der Waals surface area contributed by atoms with Gasteiger partial charge in [-0.15, -0.1) is 0 Å². The highest BCUT2D eigenvalue weighted by Crippen LogP contribution is 2.27. The van der Waals surface area contributed by atoms with Crippen molar-refractivity contribution in [2.75, 3.05) is 27.4 Å². The molecule has 3 rings (SSSR count). The number of benzene rings is 2. The van der Waals surface area contributed by atoms with Crippen LogP contribution >= 0.6 is 11.3 Å². The summed E-state index contributed by atoms with van der Waals surface area (Å²) < 4.78 is 19.2. The number of nitrogens with zero attached hydrogens (tertiary/aromatic N) is 2. The van der Waals surface area contributed by atoms with Crippen molar-refractivity contribution in [2.24, 2.45) is 4.99 Å². The van der Waals surface area contributed by atoms with E-state index in [0.29, 0.717) is 35.9 Å². The lowest BCUT2D eigenvalue weighted by Crippen LogP contribution is -2.19. The molecule has 1 aromatic heterocycles. The normalized spacial score (nSPS) is 11.7. The highest BCUT2D eigenvalue weighted by atomic mass is 32.1. The molecule has 3 aromatic rings. The SMILES string of the molecule is CCOc1cccc2sc(=NC(=O)c3cccc(OC)c3)n(CCOC)c12. The van der Waals surface area contributed by atoms with Crippen molar-refractivity contribution in [3.8, 4) is 11.5 Å². The molecule has 0 saturated heterocycles. The van der Waals surface area contributed by atoms with Crippen molar-refractivity contribution in [3.05, 3.63) is 52.8 Å². The Kier molecular flexibility index (Phi) is 6.26. The minimum absolute atomic E-state index is 0.315. The predicted octanol–water partition coefficient (Wildman–Crippen LogP) is 3.50. The monoisotopic (exact) mass is 386 g/mol. The number of methoxy groups -OCH3 is 2. The number of hydrogen-bond donors (Lipinski definition) is 0. The van der Waals surface area contributed by atoms with Gasteiger partial charge in [0.1, 0.15) is 17.0 Å². The smallest absolute Gasteiger partial charge is 0.279 e. The first kappa shape index (κ1) is 19.1. The van der Waals surface area contributed by atoms with Crippen LogP contribution < -0.4 is 14.3 Å². The lowest BCUT2D eigenvalue weighted by atomic mass is 10.2. The van der Waals surface area contributed by atoms with Gasteiger partial charge in [0.15, 0.2) is 4.80 Å². The third kappa shape index (κ3) is 4.20. The maximum Gasteiger partial charge on any atom is 0.279 e. The van der Waals surface area contributed by atoms with E-state index in [4.69, 9.17) is 14.2 Å². The summed E-state index contributed by atoms with van der Waals surface area (Å²) in [6, 6.07) is 12.9. The molecule has 0 unspecified atom stereocenters. The molecule has 0 atom stereocenters. The van der Waals surface area contributed by atoms with Gasteiger partial charge < -0.3 is 18.8 Å². The Hall–Kier alpha value is -2.64. The van der Waals surface area contributed by atoms with Crippen molar-refractivity contribution in [1.29, 1.82) is 0 Å². The molecule has 0 aliphatic rings. The Morgan fingerprint density at radius 1 is 1.19 bits per heavy atom. The van der Waals surface area contributed by atoms with Gasteiger partial charge in [-0.25, -0.2) is 0 Å². The maximum atomic E-state index is 12.7. The van der Waals surface area contributed by atoms with Crippen LogP contribution in [0, 0.1) is 0 Å². The molecule has 0 radical (unpaired) electrons. The molecule has 6 nitrogen and oxygen atoms in total. The van der Waals surface area contributed by atoms with E-state index < -0.39 is 0 Å². The Balaban J connectivity index is 2.12. The van der Waals surface area contributed by atoms with E-state index in [9.17, 15) is 4.79 Å². The third-order valence-electron chi connectivity index (χ3n) is 4.00. The largest absolute Gasteiger partial charge is 0.497 e. The summed E-state index contributed by atoms with van der Waals surface area (Å²) in [5.74, 6) is 1.08. The van der Waals surface area contributed by atoms with Gasteiger partial charge >= 0.3 is 0 Å². The van der Waals surface area contributed by atoms with E-state index in [1.54, 1.807) is 38.5 Å². The minimum atomic E-state index is -0.315. The molecule has 142 valence electrons. The zero-order chi connectivity index (χ0) is 19.2. The summed E-state index contributed by atoms with van der Waals surface area (Å²) in [5, 5.41) is 0.